The second kappa shape index (κ2) is 6.53. The molecule has 1 heterocycles. The number of methoxy groups -OCH3 is 1. The van der Waals surface area contributed by atoms with E-state index < -0.39 is 17.5 Å². The summed E-state index contributed by atoms with van der Waals surface area (Å²) in [6.07, 6.45) is 1.13. The number of aromatic nitrogens is 1. The summed E-state index contributed by atoms with van der Waals surface area (Å²) < 4.78 is 49.8. The van der Waals surface area contributed by atoms with Gasteiger partial charge in [-0.05, 0) is 12.1 Å². The number of hydrogen-bond acceptors (Lipinski definition) is 4. The van der Waals surface area contributed by atoms with E-state index in [-0.39, 0.29) is 11.3 Å². The molecule has 0 aliphatic carbocycles. The zero-order valence-corrected chi connectivity index (χ0v) is 10.8. The molecule has 1 N–H and O–H groups in total. The van der Waals surface area contributed by atoms with Crippen molar-refractivity contribution in [3.05, 3.63) is 41.7 Å². The Morgan fingerprint density at radius 3 is 2.80 bits per heavy atom. The molecule has 0 saturated heterocycles. The first-order chi connectivity index (χ1) is 9.65. The molecule has 0 radical (unpaired) electrons. The first-order valence-electron chi connectivity index (χ1n) is 5.91. The second-order valence-electron chi connectivity index (χ2n) is 4.02. The number of nitrogens with one attached hydrogen (secondary N) is 1. The first-order valence-corrected chi connectivity index (χ1v) is 5.91. The Morgan fingerprint density at radius 1 is 1.25 bits per heavy atom. The highest BCUT2D eigenvalue weighted by molar-refractivity contribution is 5.60. The van der Waals surface area contributed by atoms with E-state index >= 15 is 0 Å². The molecule has 0 aliphatic rings. The van der Waals surface area contributed by atoms with Crippen LogP contribution in [0.25, 0.3) is 11.3 Å². The third-order valence-electron chi connectivity index (χ3n) is 2.70. The van der Waals surface area contributed by atoms with Gasteiger partial charge in [0, 0.05) is 20.2 Å². The van der Waals surface area contributed by atoms with Crippen molar-refractivity contribution in [2.24, 2.45) is 0 Å². The smallest absolute Gasteiger partial charge is 0.195 e. The van der Waals surface area contributed by atoms with Gasteiger partial charge in [0.05, 0.1) is 12.2 Å². The fourth-order valence-corrected chi connectivity index (χ4v) is 1.70. The van der Waals surface area contributed by atoms with Crippen LogP contribution in [-0.4, -0.2) is 25.2 Å². The van der Waals surface area contributed by atoms with Gasteiger partial charge in [-0.2, -0.15) is 0 Å². The van der Waals surface area contributed by atoms with Crippen LogP contribution in [-0.2, 0) is 11.3 Å². The Kier molecular flexibility index (Phi) is 4.75. The third kappa shape index (κ3) is 3.00. The lowest BCUT2D eigenvalue weighted by Gasteiger charge is -2.05. The van der Waals surface area contributed by atoms with Crippen molar-refractivity contribution in [2.45, 2.75) is 6.54 Å². The minimum absolute atomic E-state index is 0.0753. The number of ether oxygens (including phenoxy) is 1. The van der Waals surface area contributed by atoms with Crippen LogP contribution < -0.4 is 5.32 Å². The molecule has 0 amide bonds. The molecule has 108 valence electrons. The number of nitrogens with zero attached hydrogens (tertiary/aromatic N) is 1. The van der Waals surface area contributed by atoms with Gasteiger partial charge < -0.3 is 14.5 Å². The maximum atomic E-state index is 13.7. The summed E-state index contributed by atoms with van der Waals surface area (Å²) in [5, 5.41) is 3.01. The van der Waals surface area contributed by atoms with Gasteiger partial charge in [0.1, 0.15) is 5.69 Å². The molecule has 0 saturated carbocycles. The highest BCUT2D eigenvalue weighted by atomic mass is 19.2. The molecule has 0 aliphatic heterocycles. The molecule has 4 nitrogen and oxygen atoms in total. The summed E-state index contributed by atoms with van der Waals surface area (Å²) in [5.41, 5.74) is 0.246. The molecular formula is C13H13F3N2O2. The van der Waals surface area contributed by atoms with E-state index in [0.29, 0.717) is 25.4 Å². The average molecular weight is 286 g/mol. The van der Waals surface area contributed by atoms with Crippen molar-refractivity contribution in [3.8, 4) is 11.3 Å². The normalized spacial score (nSPS) is 11.0. The SMILES string of the molecule is COCCNCc1ncoc1-c1ccc(F)c(F)c1F. The van der Waals surface area contributed by atoms with Crippen LogP contribution in [0.2, 0.25) is 0 Å². The topological polar surface area (TPSA) is 47.3 Å². The fourth-order valence-electron chi connectivity index (χ4n) is 1.70. The highest BCUT2D eigenvalue weighted by Crippen LogP contribution is 2.28. The summed E-state index contributed by atoms with van der Waals surface area (Å²) in [4.78, 5) is 3.93. The summed E-state index contributed by atoms with van der Waals surface area (Å²) in [5.74, 6) is -3.99. The summed E-state index contributed by atoms with van der Waals surface area (Å²) in [7, 11) is 1.57. The highest BCUT2D eigenvalue weighted by Gasteiger charge is 2.19. The monoisotopic (exact) mass is 286 g/mol. The zero-order chi connectivity index (χ0) is 14.5. The predicted octanol–water partition coefficient (Wildman–Crippen LogP) is 2.49. The van der Waals surface area contributed by atoms with Crippen LogP contribution >= 0.6 is 0 Å². The zero-order valence-electron chi connectivity index (χ0n) is 10.8. The maximum absolute atomic E-state index is 13.7. The molecule has 20 heavy (non-hydrogen) atoms. The van der Waals surface area contributed by atoms with Crippen molar-refractivity contribution >= 4 is 0 Å². The van der Waals surface area contributed by atoms with Gasteiger partial charge >= 0.3 is 0 Å². The van der Waals surface area contributed by atoms with Gasteiger partial charge in [0.25, 0.3) is 0 Å². The molecule has 0 spiro atoms. The summed E-state index contributed by atoms with van der Waals surface area (Å²) in [6, 6.07) is 1.96. The molecule has 0 fully saturated rings. The minimum atomic E-state index is -1.53. The van der Waals surface area contributed by atoms with E-state index in [1.807, 2.05) is 0 Å². The number of rotatable bonds is 6. The van der Waals surface area contributed by atoms with Crippen LogP contribution in [0.5, 0.6) is 0 Å². The number of halogens is 3. The predicted molar refractivity (Wildman–Crippen MR) is 65.4 cm³/mol. The van der Waals surface area contributed by atoms with E-state index in [2.05, 4.69) is 10.3 Å². The van der Waals surface area contributed by atoms with E-state index in [4.69, 9.17) is 9.15 Å². The van der Waals surface area contributed by atoms with Crippen molar-refractivity contribution in [1.82, 2.24) is 10.3 Å². The van der Waals surface area contributed by atoms with Gasteiger partial charge in [-0.1, -0.05) is 0 Å². The van der Waals surface area contributed by atoms with Crippen molar-refractivity contribution in [1.29, 1.82) is 0 Å². The van der Waals surface area contributed by atoms with Crippen LogP contribution in [0.15, 0.2) is 22.9 Å². The van der Waals surface area contributed by atoms with E-state index in [0.717, 1.165) is 18.5 Å². The third-order valence-corrected chi connectivity index (χ3v) is 2.70. The molecule has 0 atom stereocenters. The Balaban J connectivity index is 2.22. The number of oxazole rings is 1. The van der Waals surface area contributed by atoms with Crippen LogP contribution in [0.1, 0.15) is 5.69 Å². The van der Waals surface area contributed by atoms with Gasteiger partial charge in [-0.25, -0.2) is 18.2 Å². The van der Waals surface area contributed by atoms with Crippen LogP contribution in [0, 0.1) is 17.5 Å². The lowest BCUT2D eigenvalue weighted by molar-refractivity contribution is 0.199. The van der Waals surface area contributed by atoms with Crippen molar-refractivity contribution < 1.29 is 22.3 Å². The maximum Gasteiger partial charge on any atom is 0.195 e. The van der Waals surface area contributed by atoms with Gasteiger partial charge in [0.2, 0.25) is 0 Å². The molecule has 1 aromatic carbocycles. The quantitative estimate of drug-likeness (QED) is 0.654. The Bertz CT molecular complexity index is 587. The second-order valence-corrected chi connectivity index (χ2v) is 4.02. The summed E-state index contributed by atoms with van der Waals surface area (Å²) >= 11 is 0. The lowest BCUT2D eigenvalue weighted by atomic mass is 10.1. The van der Waals surface area contributed by atoms with E-state index in [9.17, 15) is 13.2 Å². The minimum Gasteiger partial charge on any atom is -0.443 e. The lowest BCUT2D eigenvalue weighted by Crippen LogP contribution is -2.19. The van der Waals surface area contributed by atoms with Crippen molar-refractivity contribution in [2.75, 3.05) is 20.3 Å². The van der Waals surface area contributed by atoms with E-state index in [1.165, 1.54) is 0 Å². The molecule has 2 aromatic rings. The molecule has 2 rings (SSSR count). The van der Waals surface area contributed by atoms with Gasteiger partial charge in [-0.3, -0.25) is 0 Å². The molecule has 7 heteroatoms. The van der Waals surface area contributed by atoms with Crippen LogP contribution in [0.3, 0.4) is 0 Å². The average Bonchev–Trinajstić information content (AvgIpc) is 2.89. The summed E-state index contributed by atoms with van der Waals surface area (Å²) in [6.45, 7) is 1.38. The van der Waals surface area contributed by atoms with Crippen molar-refractivity contribution in [3.63, 3.8) is 0 Å². The Morgan fingerprint density at radius 2 is 2.05 bits per heavy atom. The fraction of sp³-hybridized carbons (Fsp3) is 0.308. The van der Waals surface area contributed by atoms with Gasteiger partial charge in [0.15, 0.2) is 29.6 Å². The Labute approximate surface area is 113 Å². The molecule has 0 unspecified atom stereocenters. The number of benzene rings is 1. The standard InChI is InChI=1S/C13H13F3N2O2/c1-19-5-4-17-6-10-13(20-7-18-10)8-2-3-9(14)12(16)11(8)15/h2-3,7,17H,4-6H2,1H3. The first kappa shape index (κ1) is 14.5. The largest absolute Gasteiger partial charge is 0.443 e. The van der Waals surface area contributed by atoms with E-state index in [1.54, 1.807) is 7.11 Å². The molecular weight excluding hydrogens is 273 g/mol. The van der Waals surface area contributed by atoms with Crippen LogP contribution in [0.4, 0.5) is 13.2 Å². The Hall–Kier alpha value is -1.86. The number of hydrogen-bond donors (Lipinski definition) is 1. The van der Waals surface area contributed by atoms with Gasteiger partial charge in [-0.15, -0.1) is 0 Å². The molecule has 0 bridgehead atoms. The molecule has 1 aromatic heterocycles.